The smallest absolute Gasteiger partial charge is 0.271 e. The van der Waals surface area contributed by atoms with Crippen molar-refractivity contribution in [2.75, 3.05) is 12.4 Å². The Morgan fingerprint density at radius 2 is 2.00 bits per heavy atom. The molecular formula is C15H14ClN3O3S. The van der Waals surface area contributed by atoms with Gasteiger partial charge in [-0.05, 0) is 36.0 Å². The summed E-state index contributed by atoms with van der Waals surface area (Å²) in [5.41, 5.74) is 1.38. The molecule has 2 aromatic carbocycles. The predicted molar refractivity (Wildman–Crippen MR) is 94.2 cm³/mol. The molecule has 0 fully saturated rings. The van der Waals surface area contributed by atoms with Crippen LogP contribution in [-0.4, -0.2) is 17.1 Å². The summed E-state index contributed by atoms with van der Waals surface area (Å²) in [5, 5.41) is 17.8. The van der Waals surface area contributed by atoms with Crippen LogP contribution < -0.4 is 15.4 Å². The second-order valence-corrected chi connectivity index (χ2v) is 5.42. The number of non-ortho nitro benzene ring substituents is 1. The van der Waals surface area contributed by atoms with E-state index in [1.807, 2.05) is 12.1 Å². The van der Waals surface area contributed by atoms with Crippen LogP contribution >= 0.6 is 23.8 Å². The largest absolute Gasteiger partial charge is 0.495 e. The van der Waals surface area contributed by atoms with Crippen LogP contribution in [0.2, 0.25) is 5.02 Å². The molecule has 0 aliphatic heterocycles. The topological polar surface area (TPSA) is 76.4 Å². The van der Waals surface area contributed by atoms with Crippen molar-refractivity contribution in [3.63, 3.8) is 0 Å². The van der Waals surface area contributed by atoms with Gasteiger partial charge < -0.3 is 15.4 Å². The Bertz CT molecular complexity index is 722. The predicted octanol–water partition coefficient (Wildman–Crippen LogP) is 3.74. The van der Waals surface area contributed by atoms with Crippen LogP contribution in [0.4, 0.5) is 11.4 Å². The average Bonchev–Trinajstić information content (AvgIpc) is 2.54. The summed E-state index contributed by atoms with van der Waals surface area (Å²) in [6, 6.07) is 11.6. The Labute approximate surface area is 143 Å². The zero-order valence-electron chi connectivity index (χ0n) is 12.2. The maximum Gasteiger partial charge on any atom is 0.271 e. The summed E-state index contributed by atoms with van der Waals surface area (Å²) < 4.78 is 5.17. The maximum atomic E-state index is 10.9. The van der Waals surface area contributed by atoms with E-state index in [-0.39, 0.29) is 5.69 Å². The Hall–Kier alpha value is -2.38. The van der Waals surface area contributed by atoms with Gasteiger partial charge in [-0.25, -0.2) is 0 Å². The molecule has 0 bridgehead atoms. The molecule has 2 aromatic rings. The molecule has 0 saturated carbocycles. The van der Waals surface area contributed by atoms with Crippen molar-refractivity contribution in [2.24, 2.45) is 0 Å². The van der Waals surface area contributed by atoms with Crippen LogP contribution in [0.15, 0.2) is 42.5 Å². The van der Waals surface area contributed by atoms with Crippen molar-refractivity contribution < 1.29 is 9.66 Å². The van der Waals surface area contributed by atoms with Crippen molar-refractivity contribution >= 4 is 40.3 Å². The van der Waals surface area contributed by atoms with Gasteiger partial charge in [0.05, 0.1) is 17.7 Å². The highest BCUT2D eigenvalue weighted by atomic mass is 35.5. The summed E-state index contributed by atoms with van der Waals surface area (Å²) >= 11 is 11.0. The average molecular weight is 352 g/mol. The van der Waals surface area contributed by atoms with Gasteiger partial charge in [-0.15, -0.1) is 0 Å². The van der Waals surface area contributed by atoms with Gasteiger partial charge in [-0.1, -0.05) is 23.7 Å². The van der Waals surface area contributed by atoms with E-state index in [4.69, 9.17) is 28.6 Å². The zero-order valence-corrected chi connectivity index (χ0v) is 13.8. The highest BCUT2D eigenvalue weighted by Gasteiger charge is 2.12. The lowest BCUT2D eigenvalue weighted by molar-refractivity contribution is -0.384. The third-order valence-electron chi connectivity index (χ3n) is 3.01. The minimum absolute atomic E-state index is 0.0474. The van der Waals surface area contributed by atoms with Crippen LogP contribution in [-0.2, 0) is 6.54 Å². The molecule has 0 spiro atoms. The van der Waals surface area contributed by atoms with Crippen LogP contribution in [0.3, 0.4) is 0 Å². The molecule has 0 aromatic heterocycles. The molecule has 2 N–H and O–H groups in total. The van der Waals surface area contributed by atoms with Gasteiger partial charge in [0.2, 0.25) is 0 Å². The Kier molecular flexibility index (Phi) is 5.72. The molecule has 0 atom stereocenters. The highest BCUT2D eigenvalue weighted by molar-refractivity contribution is 7.80. The van der Waals surface area contributed by atoms with Crippen molar-refractivity contribution in [3.05, 3.63) is 63.2 Å². The fraction of sp³-hybridized carbons (Fsp3) is 0.133. The Balaban J connectivity index is 2.02. The first-order valence-corrected chi connectivity index (χ1v) is 7.40. The number of hydrogen-bond acceptors (Lipinski definition) is 4. The number of anilines is 1. The lowest BCUT2D eigenvalue weighted by Gasteiger charge is -2.13. The number of nitro benzene ring substituents is 1. The SMILES string of the molecule is COc1ccc([N+](=O)[O-])cc1NC(=S)NCc1ccc(Cl)cc1. The first-order valence-electron chi connectivity index (χ1n) is 6.61. The van der Waals surface area contributed by atoms with Gasteiger partial charge in [0.1, 0.15) is 5.75 Å². The third-order valence-corrected chi connectivity index (χ3v) is 3.51. The molecular weight excluding hydrogens is 338 g/mol. The van der Waals surface area contributed by atoms with E-state index in [0.717, 1.165) is 5.56 Å². The normalized spacial score (nSPS) is 10.0. The number of thiocarbonyl (C=S) groups is 1. The molecule has 23 heavy (non-hydrogen) atoms. The van der Waals surface area contributed by atoms with Gasteiger partial charge in [0, 0.05) is 23.7 Å². The quantitative estimate of drug-likeness (QED) is 0.485. The molecule has 120 valence electrons. The molecule has 0 amide bonds. The molecule has 0 radical (unpaired) electrons. The number of ether oxygens (including phenoxy) is 1. The number of methoxy groups -OCH3 is 1. The van der Waals surface area contributed by atoms with Crippen LogP contribution in [0, 0.1) is 10.1 Å². The van der Waals surface area contributed by atoms with Gasteiger partial charge in [0.25, 0.3) is 5.69 Å². The number of halogens is 1. The minimum Gasteiger partial charge on any atom is -0.495 e. The molecule has 0 heterocycles. The van der Waals surface area contributed by atoms with Gasteiger partial charge in [-0.2, -0.15) is 0 Å². The number of benzene rings is 2. The summed E-state index contributed by atoms with van der Waals surface area (Å²) in [7, 11) is 1.48. The first-order chi connectivity index (χ1) is 11.0. The molecule has 0 unspecified atom stereocenters. The van der Waals surface area contributed by atoms with E-state index in [1.165, 1.54) is 25.3 Å². The number of rotatable bonds is 5. The lowest BCUT2D eigenvalue weighted by Crippen LogP contribution is -2.28. The number of nitrogens with zero attached hydrogens (tertiary/aromatic N) is 1. The molecule has 0 aliphatic rings. The van der Waals surface area contributed by atoms with E-state index in [2.05, 4.69) is 10.6 Å². The van der Waals surface area contributed by atoms with Crippen molar-refractivity contribution in [1.82, 2.24) is 5.32 Å². The fourth-order valence-electron chi connectivity index (χ4n) is 1.86. The fourth-order valence-corrected chi connectivity index (χ4v) is 2.17. The summed E-state index contributed by atoms with van der Waals surface area (Å²) in [5.74, 6) is 0.464. The number of nitrogens with one attached hydrogen (secondary N) is 2. The highest BCUT2D eigenvalue weighted by Crippen LogP contribution is 2.28. The molecule has 2 rings (SSSR count). The second-order valence-electron chi connectivity index (χ2n) is 4.58. The van der Waals surface area contributed by atoms with Crippen molar-refractivity contribution in [1.29, 1.82) is 0 Å². The zero-order chi connectivity index (χ0) is 16.8. The van der Waals surface area contributed by atoms with Crippen LogP contribution in [0.5, 0.6) is 5.75 Å². The maximum absolute atomic E-state index is 10.9. The summed E-state index contributed by atoms with van der Waals surface area (Å²) in [6.45, 7) is 0.500. The van der Waals surface area contributed by atoms with Crippen LogP contribution in [0.1, 0.15) is 5.56 Å². The van der Waals surface area contributed by atoms with E-state index in [1.54, 1.807) is 12.1 Å². The van der Waals surface area contributed by atoms with E-state index in [0.29, 0.717) is 28.1 Å². The van der Waals surface area contributed by atoms with Crippen molar-refractivity contribution in [2.45, 2.75) is 6.54 Å². The number of nitro groups is 1. The van der Waals surface area contributed by atoms with Gasteiger partial charge in [0.15, 0.2) is 5.11 Å². The van der Waals surface area contributed by atoms with Gasteiger partial charge in [-0.3, -0.25) is 10.1 Å². The van der Waals surface area contributed by atoms with Crippen molar-refractivity contribution in [3.8, 4) is 5.75 Å². The number of hydrogen-bond donors (Lipinski definition) is 2. The third kappa shape index (κ3) is 4.80. The lowest BCUT2D eigenvalue weighted by atomic mass is 10.2. The standard InChI is InChI=1S/C15H14ClN3O3S/c1-22-14-7-6-12(19(20)21)8-13(14)18-15(23)17-9-10-2-4-11(16)5-3-10/h2-8H,9H2,1H3,(H2,17,18,23). The molecule has 0 saturated heterocycles. The summed E-state index contributed by atoms with van der Waals surface area (Å²) in [6.07, 6.45) is 0. The van der Waals surface area contributed by atoms with Crippen LogP contribution in [0.25, 0.3) is 0 Å². The van der Waals surface area contributed by atoms with Gasteiger partial charge >= 0.3 is 0 Å². The Morgan fingerprint density at radius 3 is 2.61 bits per heavy atom. The molecule has 8 heteroatoms. The molecule has 0 aliphatic carbocycles. The van der Waals surface area contributed by atoms with E-state index >= 15 is 0 Å². The molecule has 6 nitrogen and oxygen atoms in total. The summed E-state index contributed by atoms with van der Waals surface area (Å²) in [4.78, 5) is 10.4. The van der Waals surface area contributed by atoms with E-state index < -0.39 is 4.92 Å². The first kappa shape index (κ1) is 17.0. The Morgan fingerprint density at radius 1 is 1.30 bits per heavy atom. The minimum atomic E-state index is -0.477. The second kappa shape index (κ2) is 7.75. The monoisotopic (exact) mass is 351 g/mol. The van der Waals surface area contributed by atoms with E-state index in [9.17, 15) is 10.1 Å².